The molecule has 3 N–H and O–H groups in total. The molecule has 0 aromatic rings. The van der Waals surface area contributed by atoms with Crippen molar-refractivity contribution in [1.29, 1.82) is 0 Å². The van der Waals surface area contributed by atoms with E-state index < -0.39 is 35.1 Å². The number of aliphatic hydroxyl groups excluding tert-OH is 1. The minimum atomic E-state index is -1.02. The Labute approximate surface area is 197 Å². The molecule has 3 heterocycles. The van der Waals surface area contributed by atoms with Crippen LogP contribution in [-0.4, -0.2) is 70.7 Å². The van der Waals surface area contributed by atoms with E-state index in [0.717, 1.165) is 32.1 Å². The van der Waals surface area contributed by atoms with Crippen LogP contribution in [0.5, 0.6) is 0 Å². The van der Waals surface area contributed by atoms with Gasteiger partial charge >= 0.3 is 0 Å². The van der Waals surface area contributed by atoms with E-state index in [1.165, 1.54) is 6.42 Å². The Morgan fingerprint density at radius 3 is 2.45 bits per heavy atom. The number of nitrogens with one attached hydrogen (secondary N) is 2. The lowest BCUT2D eigenvalue weighted by Gasteiger charge is -2.40. The average molecular weight is 464 g/mol. The first kappa shape index (κ1) is 24.5. The summed E-state index contributed by atoms with van der Waals surface area (Å²) < 4.78 is 6.72. The Hall–Kier alpha value is -1.67. The molecule has 0 aromatic carbocycles. The Morgan fingerprint density at radius 2 is 1.88 bits per heavy atom. The molecule has 7 atom stereocenters. The monoisotopic (exact) mass is 463 g/mol. The minimum absolute atomic E-state index is 0.00921. The highest BCUT2D eigenvalue weighted by Crippen LogP contribution is 2.64. The minimum Gasteiger partial charge on any atom is -0.394 e. The number of ether oxygens (including phenoxy) is 1. The molecule has 8 nitrogen and oxygen atoms in total. The predicted molar refractivity (Wildman–Crippen MR) is 123 cm³/mol. The molecule has 186 valence electrons. The topological polar surface area (TPSA) is 108 Å². The van der Waals surface area contributed by atoms with E-state index in [1.54, 1.807) is 11.9 Å². The third-order valence-corrected chi connectivity index (χ3v) is 9.19. The van der Waals surface area contributed by atoms with Gasteiger partial charge in [0.05, 0.1) is 30.1 Å². The predicted octanol–water partition coefficient (Wildman–Crippen LogP) is 1.74. The van der Waals surface area contributed by atoms with Gasteiger partial charge in [0.15, 0.2) is 0 Å². The molecule has 1 spiro atoms. The SMILES string of the molecule is CC[C@H](C)[C@H](CO)N1C(=O)[C@@H]2[C@H](C(=O)NC)[C@]3(CC)CCC2(O3)C1C(=O)NC1CCCCC1. The number of hydrogen-bond donors (Lipinski definition) is 3. The smallest absolute Gasteiger partial charge is 0.246 e. The molecule has 4 rings (SSSR count). The largest absolute Gasteiger partial charge is 0.394 e. The van der Waals surface area contributed by atoms with Gasteiger partial charge in [-0.25, -0.2) is 0 Å². The second kappa shape index (κ2) is 9.17. The Morgan fingerprint density at radius 1 is 1.18 bits per heavy atom. The van der Waals surface area contributed by atoms with E-state index in [2.05, 4.69) is 10.6 Å². The van der Waals surface area contributed by atoms with E-state index in [-0.39, 0.29) is 36.3 Å². The number of hydrogen-bond acceptors (Lipinski definition) is 5. The lowest BCUT2D eigenvalue weighted by molar-refractivity contribution is -0.152. The third kappa shape index (κ3) is 3.59. The van der Waals surface area contributed by atoms with Crippen LogP contribution in [0.1, 0.15) is 78.6 Å². The van der Waals surface area contributed by atoms with E-state index in [1.807, 2.05) is 20.8 Å². The first-order chi connectivity index (χ1) is 15.8. The van der Waals surface area contributed by atoms with Crippen molar-refractivity contribution in [3.05, 3.63) is 0 Å². The van der Waals surface area contributed by atoms with Crippen LogP contribution < -0.4 is 10.6 Å². The summed E-state index contributed by atoms with van der Waals surface area (Å²) in [4.78, 5) is 42.6. The van der Waals surface area contributed by atoms with Gasteiger partial charge in [0.1, 0.15) is 11.6 Å². The molecule has 3 saturated heterocycles. The Bertz CT molecular complexity index is 784. The number of aliphatic hydroxyl groups is 1. The highest BCUT2D eigenvalue weighted by Gasteiger charge is 2.79. The van der Waals surface area contributed by atoms with Gasteiger partial charge in [0.2, 0.25) is 17.7 Å². The Balaban J connectivity index is 1.77. The van der Waals surface area contributed by atoms with Crippen LogP contribution in [0.3, 0.4) is 0 Å². The molecule has 2 unspecified atom stereocenters. The highest BCUT2D eigenvalue weighted by atomic mass is 16.5. The summed E-state index contributed by atoms with van der Waals surface area (Å²) in [5.41, 5.74) is -1.75. The van der Waals surface area contributed by atoms with Gasteiger partial charge in [-0.1, -0.05) is 46.5 Å². The third-order valence-electron chi connectivity index (χ3n) is 9.19. The van der Waals surface area contributed by atoms with Gasteiger partial charge in [0.25, 0.3) is 0 Å². The average Bonchev–Trinajstić information content (AvgIpc) is 3.43. The summed E-state index contributed by atoms with van der Waals surface area (Å²) in [6, 6.07) is -1.22. The van der Waals surface area contributed by atoms with Crippen molar-refractivity contribution < 1.29 is 24.2 Å². The molecule has 1 saturated carbocycles. The molecule has 1 aliphatic carbocycles. The van der Waals surface area contributed by atoms with Crippen molar-refractivity contribution in [1.82, 2.24) is 15.5 Å². The highest BCUT2D eigenvalue weighted by molar-refractivity contribution is 5.99. The first-order valence-electron chi connectivity index (χ1n) is 12.9. The van der Waals surface area contributed by atoms with Crippen LogP contribution in [0.2, 0.25) is 0 Å². The van der Waals surface area contributed by atoms with Gasteiger partial charge in [-0.2, -0.15) is 0 Å². The zero-order chi connectivity index (χ0) is 24.0. The summed E-state index contributed by atoms with van der Waals surface area (Å²) >= 11 is 0. The maximum atomic E-state index is 14.1. The summed E-state index contributed by atoms with van der Waals surface area (Å²) in [6.45, 7) is 5.79. The summed E-state index contributed by atoms with van der Waals surface area (Å²) in [5, 5.41) is 16.3. The maximum absolute atomic E-state index is 14.1. The molecule has 8 heteroatoms. The van der Waals surface area contributed by atoms with Crippen LogP contribution in [0, 0.1) is 17.8 Å². The molecule has 33 heavy (non-hydrogen) atoms. The van der Waals surface area contributed by atoms with E-state index in [0.29, 0.717) is 19.3 Å². The van der Waals surface area contributed by atoms with Crippen LogP contribution in [0.25, 0.3) is 0 Å². The summed E-state index contributed by atoms with van der Waals surface area (Å²) in [6.07, 6.45) is 7.85. The lowest BCUT2D eigenvalue weighted by Crippen LogP contribution is -2.60. The van der Waals surface area contributed by atoms with Crippen LogP contribution >= 0.6 is 0 Å². The van der Waals surface area contributed by atoms with Gasteiger partial charge in [-0.05, 0) is 38.0 Å². The van der Waals surface area contributed by atoms with Crippen molar-refractivity contribution in [3.63, 3.8) is 0 Å². The molecule has 0 radical (unpaired) electrons. The molecule has 2 bridgehead atoms. The number of nitrogens with zero attached hydrogens (tertiary/aromatic N) is 1. The van der Waals surface area contributed by atoms with Gasteiger partial charge in [-0.15, -0.1) is 0 Å². The van der Waals surface area contributed by atoms with Crippen molar-refractivity contribution in [2.24, 2.45) is 17.8 Å². The number of carbonyl (C=O) groups is 3. The zero-order valence-electron chi connectivity index (χ0n) is 20.6. The molecular weight excluding hydrogens is 422 g/mol. The second-order valence-corrected chi connectivity index (χ2v) is 10.7. The maximum Gasteiger partial charge on any atom is 0.246 e. The number of fused-ring (bicyclic) bond motifs is 1. The first-order valence-corrected chi connectivity index (χ1v) is 12.9. The fraction of sp³-hybridized carbons (Fsp3) is 0.880. The van der Waals surface area contributed by atoms with Crippen molar-refractivity contribution in [2.75, 3.05) is 13.7 Å². The lowest BCUT2D eigenvalue weighted by atomic mass is 9.65. The normalized spacial score (nSPS) is 37.7. The standard InChI is InChI=1S/C25H41N3O5/c1-5-15(3)17(14-29)28-20(22(31)27-16-10-8-7-9-11-16)25-13-12-24(6-2,33-25)18(21(30)26-4)19(25)23(28)32/h15-20,29H,5-14H2,1-4H3,(H,26,30)(H,27,31)/t15-,17-,18+,19-,20?,24-,25?/m0/s1. The summed E-state index contributed by atoms with van der Waals surface area (Å²) in [5.74, 6) is -1.93. The molecule has 3 amide bonds. The number of carbonyl (C=O) groups excluding carboxylic acids is 3. The van der Waals surface area contributed by atoms with E-state index >= 15 is 0 Å². The second-order valence-electron chi connectivity index (χ2n) is 10.7. The Kier molecular flexibility index (Phi) is 6.80. The van der Waals surface area contributed by atoms with Gasteiger partial charge < -0.3 is 25.4 Å². The van der Waals surface area contributed by atoms with Gasteiger partial charge in [0, 0.05) is 13.1 Å². The van der Waals surface area contributed by atoms with Crippen molar-refractivity contribution in [3.8, 4) is 0 Å². The molecule has 3 aliphatic heterocycles. The number of rotatable bonds is 8. The van der Waals surface area contributed by atoms with Crippen molar-refractivity contribution >= 4 is 17.7 Å². The van der Waals surface area contributed by atoms with Crippen molar-refractivity contribution in [2.45, 2.75) is 108 Å². The van der Waals surface area contributed by atoms with Crippen LogP contribution in [0.15, 0.2) is 0 Å². The van der Waals surface area contributed by atoms with Crippen LogP contribution in [-0.2, 0) is 19.1 Å². The van der Waals surface area contributed by atoms with E-state index in [4.69, 9.17) is 4.74 Å². The summed E-state index contributed by atoms with van der Waals surface area (Å²) in [7, 11) is 1.59. The zero-order valence-corrected chi connectivity index (χ0v) is 20.6. The molecule has 4 fully saturated rings. The fourth-order valence-electron chi connectivity index (χ4n) is 7.21. The molecule has 0 aromatic heterocycles. The molecule has 4 aliphatic rings. The quantitative estimate of drug-likeness (QED) is 0.508. The molecular formula is C25H41N3O5. The fourth-order valence-corrected chi connectivity index (χ4v) is 7.21. The van der Waals surface area contributed by atoms with E-state index in [9.17, 15) is 19.5 Å². The van der Waals surface area contributed by atoms with Gasteiger partial charge in [-0.3, -0.25) is 14.4 Å². The van der Waals surface area contributed by atoms with Crippen LogP contribution in [0.4, 0.5) is 0 Å². The number of likely N-dealkylation sites (tertiary alicyclic amines) is 1. The number of amides is 3.